The van der Waals surface area contributed by atoms with Gasteiger partial charge in [-0.3, -0.25) is 9.35 Å². The van der Waals surface area contributed by atoms with Crippen molar-refractivity contribution in [2.45, 2.75) is 38.5 Å². The summed E-state index contributed by atoms with van der Waals surface area (Å²) in [5.41, 5.74) is 0. The molecule has 0 aromatic heterocycles. The summed E-state index contributed by atoms with van der Waals surface area (Å²) in [5, 5.41) is 2.31. The minimum atomic E-state index is -4.36. The molecule has 5 nitrogen and oxygen atoms in total. The first-order chi connectivity index (χ1) is 7.18. The topological polar surface area (TPSA) is 83.5 Å². The molecule has 0 aromatic rings. The van der Waals surface area contributed by atoms with Gasteiger partial charge in [0.1, 0.15) is 0 Å². The number of rotatable bonds is 6. The summed E-state index contributed by atoms with van der Waals surface area (Å²) in [6.07, 6.45) is 1.24. The molecule has 0 spiro atoms. The number of amides is 1. The van der Waals surface area contributed by atoms with E-state index in [4.69, 9.17) is 0 Å². The van der Waals surface area contributed by atoms with Gasteiger partial charge in [-0.2, -0.15) is 8.42 Å². The van der Waals surface area contributed by atoms with E-state index in [0.29, 0.717) is 0 Å². The van der Waals surface area contributed by atoms with Crippen LogP contribution in [0.15, 0.2) is 12.7 Å². The lowest BCUT2D eigenvalue weighted by Gasteiger charge is -2.31. The van der Waals surface area contributed by atoms with E-state index in [2.05, 4.69) is 11.9 Å². The van der Waals surface area contributed by atoms with Gasteiger partial charge in [-0.1, -0.05) is 27.4 Å². The van der Waals surface area contributed by atoms with Crippen LogP contribution in [0.4, 0.5) is 0 Å². The van der Waals surface area contributed by atoms with Crippen molar-refractivity contribution in [2.75, 3.05) is 0 Å². The van der Waals surface area contributed by atoms with E-state index in [1.807, 2.05) is 13.8 Å². The number of carbonyl (C=O) groups is 1. The molecule has 0 aliphatic heterocycles. The van der Waals surface area contributed by atoms with Gasteiger partial charge < -0.3 is 5.32 Å². The van der Waals surface area contributed by atoms with E-state index in [1.54, 1.807) is 6.92 Å². The zero-order chi connectivity index (χ0) is 13.0. The highest BCUT2D eigenvalue weighted by Crippen LogP contribution is 2.26. The molecule has 0 heterocycles. The van der Waals surface area contributed by atoms with Gasteiger partial charge in [0.25, 0.3) is 10.1 Å². The van der Waals surface area contributed by atoms with Crippen LogP contribution in [0.2, 0.25) is 0 Å². The van der Waals surface area contributed by atoms with E-state index in [-0.39, 0.29) is 18.8 Å². The van der Waals surface area contributed by atoms with Crippen LogP contribution in [0.3, 0.4) is 0 Å². The van der Waals surface area contributed by atoms with E-state index in [0.717, 1.165) is 6.08 Å². The molecular weight excluding hydrogens is 230 g/mol. The Kier molecular flexibility index (Phi) is 5.15. The summed E-state index contributed by atoms with van der Waals surface area (Å²) in [5.74, 6) is -0.591. The molecule has 94 valence electrons. The lowest BCUT2D eigenvalue weighted by Crippen LogP contribution is -2.54. The Hall–Kier alpha value is -0.880. The van der Waals surface area contributed by atoms with Gasteiger partial charge >= 0.3 is 0 Å². The van der Waals surface area contributed by atoms with E-state index in [1.165, 1.54) is 0 Å². The fraction of sp³-hybridized carbons (Fsp3) is 0.700. The lowest BCUT2D eigenvalue weighted by molar-refractivity contribution is -0.117. The first kappa shape index (κ1) is 15.1. The SMILES string of the molecule is C=CC(=O)NC(CC)(CC(C)C)S(=O)(=O)O. The minimum absolute atomic E-state index is 0.0204. The maximum Gasteiger partial charge on any atom is 0.289 e. The van der Waals surface area contributed by atoms with Crippen LogP contribution in [0, 0.1) is 5.92 Å². The molecule has 0 rings (SSSR count). The summed E-state index contributed by atoms with van der Waals surface area (Å²) in [7, 11) is -4.36. The zero-order valence-electron chi connectivity index (χ0n) is 9.86. The summed E-state index contributed by atoms with van der Waals surface area (Å²) >= 11 is 0. The van der Waals surface area contributed by atoms with Crippen molar-refractivity contribution in [2.24, 2.45) is 5.92 Å². The first-order valence-corrected chi connectivity index (χ1v) is 6.54. The first-order valence-electron chi connectivity index (χ1n) is 5.10. The van der Waals surface area contributed by atoms with E-state index < -0.39 is 20.9 Å². The predicted molar refractivity (Wildman–Crippen MR) is 62.4 cm³/mol. The average Bonchev–Trinajstić information content (AvgIpc) is 2.13. The number of hydrogen-bond acceptors (Lipinski definition) is 3. The molecule has 16 heavy (non-hydrogen) atoms. The molecule has 2 N–H and O–H groups in total. The summed E-state index contributed by atoms with van der Waals surface area (Å²) in [4.78, 5) is 9.59. The Morgan fingerprint density at radius 3 is 2.31 bits per heavy atom. The third-order valence-electron chi connectivity index (χ3n) is 2.34. The third-order valence-corrected chi connectivity index (χ3v) is 3.88. The van der Waals surface area contributed by atoms with Gasteiger partial charge in [0, 0.05) is 0 Å². The van der Waals surface area contributed by atoms with Crippen LogP contribution >= 0.6 is 0 Å². The molecule has 0 aliphatic rings. The standard InChI is InChI=1S/C10H19NO4S/c1-5-9(12)11-10(6-2,7-8(3)4)16(13,14)15/h5,8H,1,6-7H2,2-4H3,(H,11,12)(H,13,14,15). The molecule has 1 unspecified atom stereocenters. The summed E-state index contributed by atoms with van der Waals surface area (Å²) < 4.78 is 32.0. The van der Waals surface area contributed by atoms with Gasteiger partial charge in [0.05, 0.1) is 0 Å². The Morgan fingerprint density at radius 2 is 2.06 bits per heavy atom. The molecule has 6 heteroatoms. The summed E-state index contributed by atoms with van der Waals surface area (Å²) in [6.45, 7) is 8.48. The molecule has 0 radical (unpaired) electrons. The van der Waals surface area contributed by atoms with E-state index >= 15 is 0 Å². The zero-order valence-corrected chi connectivity index (χ0v) is 10.7. The summed E-state index contributed by atoms with van der Waals surface area (Å²) in [6, 6.07) is 0. The van der Waals surface area contributed by atoms with Crippen molar-refractivity contribution in [1.82, 2.24) is 5.32 Å². The highest BCUT2D eigenvalue weighted by molar-refractivity contribution is 7.87. The van der Waals surface area contributed by atoms with Crippen LogP contribution in [-0.4, -0.2) is 23.7 Å². The quantitative estimate of drug-likeness (QED) is 0.549. The van der Waals surface area contributed by atoms with Crippen LogP contribution in [0.1, 0.15) is 33.6 Å². The number of nitrogens with one attached hydrogen (secondary N) is 1. The Bertz CT molecular complexity index is 361. The Balaban J connectivity index is 5.29. The molecule has 1 atom stereocenters. The normalized spacial score (nSPS) is 15.6. The van der Waals surface area contributed by atoms with Crippen molar-refractivity contribution in [3.63, 3.8) is 0 Å². The van der Waals surface area contributed by atoms with Crippen molar-refractivity contribution >= 4 is 16.0 Å². The van der Waals surface area contributed by atoms with Gasteiger partial charge in [0.2, 0.25) is 5.91 Å². The molecule has 0 saturated carbocycles. The maximum atomic E-state index is 11.4. The lowest BCUT2D eigenvalue weighted by atomic mass is 10.0. The molecule has 1 amide bonds. The molecular formula is C10H19NO4S. The maximum absolute atomic E-state index is 11.4. The van der Waals surface area contributed by atoms with Gasteiger partial charge in [-0.25, -0.2) is 0 Å². The molecule has 0 aromatic carbocycles. The van der Waals surface area contributed by atoms with Gasteiger partial charge in [-0.05, 0) is 24.8 Å². The van der Waals surface area contributed by atoms with Crippen molar-refractivity contribution in [1.29, 1.82) is 0 Å². The predicted octanol–water partition coefficient (Wildman–Crippen LogP) is 1.33. The Morgan fingerprint density at radius 1 is 1.56 bits per heavy atom. The molecule has 0 bridgehead atoms. The monoisotopic (exact) mass is 249 g/mol. The second kappa shape index (κ2) is 5.45. The van der Waals surface area contributed by atoms with Crippen LogP contribution in [0.5, 0.6) is 0 Å². The fourth-order valence-electron chi connectivity index (χ4n) is 1.57. The fourth-order valence-corrected chi connectivity index (χ4v) is 2.71. The minimum Gasteiger partial charge on any atom is -0.332 e. The average molecular weight is 249 g/mol. The smallest absolute Gasteiger partial charge is 0.289 e. The van der Waals surface area contributed by atoms with Gasteiger partial charge in [0.15, 0.2) is 4.87 Å². The van der Waals surface area contributed by atoms with Crippen molar-refractivity contribution in [3.8, 4) is 0 Å². The van der Waals surface area contributed by atoms with E-state index in [9.17, 15) is 17.8 Å². The molecule has 0 saturated heterocycles. The van der Waals surface area contributed by atoms with Crippen LogP contribution < -0.4 is 5.32 Å². The number of hydrogen-bond donors (Lipinski definition) is 2. The highest BCUT2D eigenvalue weighted by atomic mass is 32.2. The third kappa shape index (κ3) is 3.61. The van der Waals surface area contributed by atoms with Crippen LogP contribution in [-0.2, 0) is 14.9 Å². The van der Waals surface area contributed by atoms with Crippen LogP contribution in [0.25, 0.3) is 0 Å². The highest BCUT2D eigenvalue weighted by Gasteiger charge is 2.42. The second-order valence-electron chi connectivity index (χ2n) is 4.11. The second-order valence-corrected chi connectivity index (χ2v) is 5.85. The Labute approximate surface area is 96.7 Å². The molecule has 0 aliphatic carbocycles. The van der Waals surface area contributed by atoms with Gasteiger partial charge in [-0.15, -0.1) is 0 Å². The van der Waals surface area contributed by atoms with Crippen molar-refractivity contribution in [3.05, 3.63) is 12.7 Å². The number of carbonyl (C=O) groups excluding carboxylic acids is 1. The largest absolute Gasteiger partial charge is 0.332 e. The molecule has 0 fully saturated rings. The van der Waals surface area contributed by atoms with Crippen molar-refractivity contribution < 1.29 is 17.8 Å².